The molecule has 0 saturated carbocycles. The SMILES string of the molecule is CNC(=O)c1ccc(N)cc1Oc1cc(C)ccc1C. The zero-order valence-corrected chi connectivity index (χ0v) is 11.9. The molecular weight excluding hydrogens is 252 g/mol. The molecule has 0 atom stereocenters. The van der Waals surface area contributed by atoms with Gasteiger partial charge in [-0.15, -0.1) is 0 Å². The van der Waals surface area contributed by atoms with E-state index in [0.29, 0.717) is 17.0 Å². The Balaban J connectivity index is 2.44. The van der Waals surface area contributed by atoms with Gasteiger partial charge in [-0.05, 0) is 43.2 Å². The van der Waals surface area contributed by atoms with Crippen molar-refractivity contribution in [1.82, 2.24) is 5.32 Å². The number of rotatable bonds is 3. The highest BCUT2D eigenvalue weighted by Crippen LogP contribution is 2.30. The smallest absolute Gasteiger partial charge is 0.254 e. The van der Waals surface area contributed by atoms with E-state index in [0.717, 1.165) is 16.9 Å². The van der Waals surface area contributed by atoms with Gasteiger partial charge in [-0.3, -0.25) is 4.79 Å². The largest absolute Gasteiger partial charge is 0.456 e. The van der Waals surface area contributed by atoms with Crippen LogP contribution in [0.15, 0.2) is 36.4 Å². The summed E-state index contributed by atoms with van der Waals surface area (Å²) in [5.74, 6) is 0.976. The standard InChI is InChI=1S/C16H18N2O2/c1-10-4-5-11(2)14(8-10)20-15-9-12(17)6-7-13(15)16(19)18-3/h4-9H,17H2,1-3H3,(H,18,19). The van der Waals surface area contributed by atoms with Gasteiger partial charge in [0.25, 0.3) is 5.91 Å². The van der Waals surface area contributed by atoms with Gasteiger partial charge in [-0.25, -0.2) is 0 Å². The number of anilines is 1. The number of nitrogens with one attached hydrogen (secondary N) is 1. The lowest BCUT2D eigenvalue weighted by atomic mass is 10.1. The molecule has 0 spiro atoms. The third-order valence-corrected chi connectivity index (χ3v) is 3.04. The van der Waals surface area contributed by atoms with Crippen LogP contribution in [0.3, 0.4) is 0 Å². The summed E-state index contributed by atoms with van der Waals surface area (Å²) >= 11 is 0. The Bertz CT molecular complexity index is 651. The molecule has 20 heavy (non-hydrogen) atoms. The normalized spacial score (nSPS) is 10.2. The maximum atomic E-state index is 11.9. The van der Waals surface area contributed by atoms with E-state index in [1.54, 1.807) is 25.2 Å². The van der Waals surface area contributed by atoms with Gasteiger partial charge in [0.05, 0.1) is 5.56 Å². The molecule has 0 aliphatic heterocycles. The highest BCUT2D eigenvalue weighted by atomic mass is 16.5. The van der Waals surface area contributed by atoms with Crippen molar-refractivity contribution in [2.24, 2.45) is 0 Å². The van der Waals surface area contributed by atoms with Gasteiger partial charge in [0.15, 0.2) is 0 Å². The van der Waals surface area contributed by atoms with E-state index >= 15 is 0 Å². The van der Waals surface area contributed by atoms with E-state index < -0.39 is 0 Å². The molecule has 4 nitrogen and oxygen atoms in total. The van der Waals surface area contributed by atoms with Crippen molar-refractivity contribution < 1.29 is 9.53 Å². The highest BCUT2D eigenvalue weighted by molar-refractivity contribution is 5.97. The van der Waals surface area contributed by atoms with Crippen molar-refractivity contribution in [1.29, 1.82) is 0 Å². The predicted octanol–water partition coefficient (Wildman–Crippen LogP) is 3.04. The predicted molar refractivity (Wildman–Crippen MR) is 80.2 cm³/mol. The first-order valence-corrected chi connectivity index (χ1v) is 6.38. The molecule has 0 aromatic heterocycles. The van der Waals surface area contributed by atoms with Crippen LogP contribution in [0.1, 0.15) is 21.5 Å². The van der Waals surface area contributed by atoms with Crippen LogP contribution in [-0.4, -0.2) is 13.0 Å². The van der Waals surface area contributed by atoms with Gasteiger partial charge in [0.2, 0.25) is 0 Å². The molecule has 3 N–H and O–H groups in total. The molecule has 0 heterocycles. The van der Waals surface area contributed by atoms with Gasteiger partial charge in [0.1, 0.15) is 11.5 Å². The van der Waals surface area contributed by atoms with Crippen LogP contribution in [0.2, 0.25) is 0 Å². The summed E-state index contributed by atoms with van der Waals surface area (Å²) in [7, 11) is 1.58. The Morgan fingerprint density at radius 1 is 1.10 bits per heavy atom. The first-order chi connectivity index (χ1) is 9.51. The molecular formula is C16H18N2O2. The summed E-state index contributed by atoms with van der Waals surface area (Å²) in [6, 6.07) is 10.9. The second kappa shape index (κ2) is 5.65. The number of ether oxygens (including phenoxy) is 1. The molecule has 4 heteroatoms. The zero-order valence-electron chi connectivity index (χ0n) is 11.9. The maximum Gasteiger partial charge on any atom is 0.254 e. The third-order valence-electron chi connectivity index (χ3n) is 3.04. The van der Waals surface area contributed by atoms with E-state index in [4.69, 9.17) is 10.5 Å². The number of hydrogen-bond donors (Lipinski definition) is 2. The summed E-state index contributed by atoms with van der Waals surface area (Å²) < 4.78 is 5.88. The number of nitrogen functional groups attached to an aromatic ring is 1. The van der Waals surface area contributed by atoms with E-state index in [1.807, 2.05) is 32.0 Å². The minimum absolute atomic E-state index is 0.203. The lowest BCUT2D eigenvalue weighted by Gasteiger charge is -2.13. The van der Waals surface area contributed by atoms with Crippen molar-refractivity contribution in [2.75, 3.05) is 12.8 Å². The number of aryl methyl sites for hydroxylation is 2. The number of hydrogen-bond acceptors (Lipinski definition) is 3. The number of carbonyl (C=O) groups excluding carboxylic acids is 1. The Labute approximate surface area is 118 Å². The summed E-state index contributed by atoms with van der Waals surface area (Å²) in [5.41, 5.74) is 8.89. The van der Waals surface area contributed by atoms with Crippen LogP contribution in [-0.2, 0) is 0 Å². The molecule has 0 radical (unpaired) electrons. The average Bonchev–Trinajstić information content (AvgIpc) is 2.42. The molecule has 2 rings (SSSR count). The van der Waals surface area contributed by atoms with Crippen LogP contribution >= 0.6 is 0 Å². The first-order valence-electron chi connectivity index (χ1n) is 6.38. The molecule has 2 aromatic rings. The minimum atomic E-state index is -0.203. The monoisotopic (exact) mass is 270 g/mol. The van der Waals surface area contributed by atoms with Crippen molar-refractivity contribution in [3.05, 3.63) is 53.1 Å². The second-order valence-electron chi connectivity index (χ2n) is 4.71. The van der Waals surface area contributed by atoms with Gasteiger partial charge >= 0.3 is 0 Å². The average molecular weight is 270 g/mol. The van der Waals surface area contributed by atoms with Gasteiger partial charge in [-0.2, -0.15) is 0 Å². The molecule has 0 aliphatic rings. The van der Waals surface area contributed by atoms with Crippen LogP contribution in [0.4, 0.5) is 5.69 Å². The van der Waals surface area contributed by atoms with Crippen LogP contribution in [0.25, 0.3) is 0 Å². The summed E-state index contributed by atoms with van der Waals surface area (Å²) in [4.78, 5) is 11.9. The molecule has 1 amide bonds. The number of carbonyl (C=O) groups is 1. The fraction of sp³-hybridized carbons (Fsp3) is 0.188. The summed E-state index contributed by atoms with van der Waals surface area (Å²) in [5, 5.41) is 2.59. The summed E-state index contributed by atoms with van der Waals surface area (Å²) in [6.07, 6.45) is 0. The molecule has 2 aromatic carbocycles. The Kier molecular flexibility index (Phi) is 3.94. The Morgan fingerprint density at radius 3 is 2.55 bits per heavy atom. The lowest BCUT2D eigenvalue weighted by molar-refractivity contribution is 0.0961. The second-order valence-corrected chi connectivity index (χ2v) is 4.71. The topological polar surface area (TPSA) is 64.4 Å². The van der Waals surface area contributed by atoms with E-state index in [2.05, 4.69) is 5.32 Å². The maximum absolute atomic E-state index is 11.9. The molecule has 0 fully saturated rings. The van der Waals surface area contributed by atoms with Gasteiger partial charge < -0.3 is 15.8 Å². The lowest BCUT2D eigenvalue weighted by Crippen LogP contribution is -2.18. The molecule has 104 valence electrons. The molecule has 0 bridgehead atoms. The first kappa shape index (κ1) is 13.9. The third kappa shape index (κ3) is 2.91. The van der Waals surface area contributed by atoms with Crippen molar-refractivity contribution >= 4 is 11.6 Å². The van der Waals surface area contributed by atoms with E-state index in [1.165, 1.54) is 0 Å². The number of benzene rings is 2. The zero-order chi connectivity index (χ0) is 14.7. The van der Waals surface area contributed by atoms with E-state index in [-0.39, 0.29) is 5.91 Å². The minimum Gasteiger partial charge on any atom is -0.456 e. The Hall–Kier alpha value is -2.49. The van der Waals surface area contributed by atoms with Gasteiger partial charge in [0, 0.05) is 18.8 Å². The molecule has 0 aliphatic carbocycles. The Morgan fingerprint density at radius 2 is 1.85 bits per heavy atom. The highest BCUT2D eigenvalue weighted by Gasteiger charge is 2.13. The summed E-state index contributed by atoms with van der Waals surface area (Å²) in [6.45, 7) is 3.95. The fourth-order valence-electron chi connectivity index (χ4n) is 1.88. The molecule has 0 unspecified atom stereocenters. The van der Waals surface area contributed by atoms with Crippen molar-refractivity contribution in [2.45, 2.75) is 13.8 Å². The van der Waals surface area contributed by atoms with Crippen LogP contribution in [0, 0.1) is 13.8 Å². The molecule has 0 saturated heterocycles. The van der Waals surface area contributed by atoms with Crippen LogP contribution in [0.5, 0.6) is 11.5 Å². The van der Waals surface area contributed by atoms with Crippen molar-refractivity contribution in [3.63, 3.8) is 0 Å². The quantitative estimate of drug-likeness (QED) is 0.842. The van der Waals surface area contributed by atoms with Gasteiger partial charge in [-0.1, -0.05) is 12.1 Å². The number of nitrogens with two attached hydrogens (primary N) is 1. The fourth-order valence-corrected chi connectivity index (χ4v) is 1.88. The number of amides is 1. The van der Waals surface area contributed by atoms with E-state index in [9.17, 15) is 4.79 Å². The van der Waals surface area contributed by atoms with Crippen molar-refractivity contribution in [3.8, 4) is 11.5 Å². The van der Waals surface area contributed by atoms with Crippen LogP contribution < -0.4 is 15.8 Å².